The smallest absolute Gasteiger partial charge is 0.281 e. The standard InChI is InChI=1S/C26H21F2N7O3S/c1-13(2)16-10-19-17(11-30-16)32-26(39-19)34-25(37)22-15(14-6-8-29-12-18(14)38-3)9-20(33-23(22)24(27)28)35-21(36)5-4-7-31-35/h4-13,24H,1-3H3,(H,32,34,37). The normalized spacial score (nSPS) is 11.4. The number of aromatic nitrogens is 6. The van der Waals surface area contributed by atoms with E-state index in [-0.39, 0.29) is 28.2 Å². The summed E-state index contributed by atoms with van der Waals surface area (Å²) in [5, 5.41) is 6.79. The minimum absolute atomic E-state index is 0.0504. The predicted molar refractivity (Wildman–Crippen MR) is 142 cm³/mol. The quantitative estimate of drug-likeness (QED) is 0.300. The van der Waals surface area contributed by atoms with Gasteiger partial charge in [-0.2, -0.15) is 9.78 Å². The van der Waals surface area contributed by atoms with Gasteiger partial charge in [-0.3, -0.25) is 24.9 Å². The van der Waals surface area contributed by atoms with Crippen molar-refractivity contribution in [1.29, 1.82) is 0 Å². The van der Waals surface area contributed by atoms with Gasteiger partial charge in [0.05, 0.1) is 29.8 Å². The Morgan fingerprint density at radius 3 is 2.64 bits per heavy atom. The summed E-state index contributed by atoms with van der Waals surface area (Å²) in [7, 11) is 1.39. The number of halogens is 2. The number of methoxy groups -OCH3 is 1. The van der Waals surface area contributed by atoms with Crippen molar-refractivity contribution in [3.63, 3.8) is 0 Å². The van der Waals surface area contributed by atoms with Gasteiger partial charge in [0.1, 0.15) is 17.0 Å². The number of fused-ring (bicyclic) bond motifs is 1. The fourth-order valence-electron chi connectivity index (χ4n) is 3.94. The lowest BCUT2D eigenvalue weighted by Gasteiger charge is -2.17. The summed E-state index contributed by atoms with van der Waals surface area (Å²) < 4.78 is 36.0. The molecule has 0 aliphatic heterocycles. The maximum Gasteiger partial charge on any atom is 0.281 e. The highest BCUT2D eigenvalue weighted by atomic mass is 32.1. The van der Waals surface area contributed by atoms with Gasteiger partial charge < -0.3 is 4.74 Å². The third-order valence-corrected chi connectivity index (χ3v) is 6.74. The maximum absolute atomic E-state index is 14.5. The first-order chi connectivity index (χ1) is 18.8. The van der Waals surface area contributed by atoms with E-state index in [9.17, 15) is 18.4 Å². The van der Waals surface area contributed by atoms with E-state index in [0.29, 0.717) is 11.1 Å². The van der Waals surface area contributed by atoms with Gasteiger partial charge in [-0.25, -0.2) is 18.7 Å². The van der Waals surface area contributed by atoms with Gasteiger partial charge in [0.15, 0.2) is 10.9 Å². The molecule has 5 heterocycles. The van der Waals surface area contributed by atoms with Crippen LogP contribution in [0.3, 0.4) is 0 Å². The van der Waals surface area contributed by atoms with Crippen molar-refractivity contribution in [2.75, 3.05) is 12.4 Å². The molecule has 0 bridgehead atoms. The van der Waals surface area contributed by atoms with Crippen molar-refractivity contribution in [2.24, 2.45) is 0 Å². The number of alkyl halides is 2. The Morgan fingerprint density at radius 1 is 1.10 bits per heavy atom. The Bertz CT molecular complexity index is 1750. The van der Waals surface area contributed by atoms with E-state index in [2.05, 4.69) is 30.4 Å². The highest BCUT2D eigenvalue weighted by Gasteiger charge is 2.28. The van der Waals surface area contributed by atoms with Crippen LogP contribution in [-0.4, -0.2) is 42.7 Å². The number of carbonyl (C=O) groups excluding carboxylic acids is 1. The predicted octanol–water partition coefficient (Wildman–Crippen LogP) is 5.02. The molecule has 5 rings (SSSR count). The lowest BCUT2D eigenvalue weighted by Crippen LogP contribution is -2.23. The second kappa shape index (κ2) is 10.6. The molecule has 0 aromatic carbocycles. The summed E-state index contributed by atoms with van der Waals surface area (Å²) in [6, 6.07) is 7.37. The van der Waals surface area contributed by atoms with Crippen molar-refractivity contribution in [3.8, 4) is 22.7 Å². The first-order valence-corrected chi connectivity index (χ1v) is 12.5. The average Bonchev–Trinajstić information content (AvgIpc) is 3.33. The van der Waals surface area contributed by atoms with E-state index in [0.717, 1.165) is 15.1 Å². The van der Waals surface area contributed by atoms with Gasteiger partial charge in [-0.15, -0.1) is 0 Å². The van der Waals surface area contributed by atoms with Crippen molar-refractivity contribution >= 4 is 32.6 Å². The summed E-state index contributed by atoms with van der Waals surface area (Å²) >= 11 is 1.20. The van der Waals surface area contributed by atoms with Gasteiger partial charge in [0, 0.05) is 35.3 Å². The third kappa shape index (κ3) is 5.08. The maximum atomic E-state index is 14.5. The average molecular weight is 550 g/mol. The molecular weight excluding hydrogens is 528 g/mol. The molecule has 13 heteroatoms. The van der Waals surface area contributed by atoms with E-state index >= 15 is 0 Å². The van der Waals surface area contributed by atoms with E-state index < -0.39 is 29.1 Å². The Kier molecular flexibility index (Phi) is 7.07. The van der Waals surface area contributed by atoms with Crippen molar-refractivity contribution in [1.82, 2.24) is 29.7 Å². The van der Waals surface area contributed by atoms with Crippen LogP contribution in [0.2, 0.25) is 0 Å². The molecular formula is C26H21F2N7O3S. The minimum Gasteiger partial charge on any atom is -0.494 e. The summed E-state index contributed by atoms with van der Waals surface area (Å²) in [4.78, 5) is 42.8. The first-order valence-electron chi connectivity index (χ1n) is 11.7. The van der Waals surface area contributed by atoms with Crippen LogP contribution in [0, 0.1) is 0 Å². The topological polar surface area (TPSA) is 125 Å². The SMILES string of the molecule is COc1cnccc1-c1cc(-n2ncccc2=O)nc(C(F)F)c1C(=O)Nc1nc2cnc(C(C)C)cc2s1. The molecule has 0 saturated heterocycles. The molecule has 0 radical (unpaired) electrons. The molecule has 5 aromatic heterocycles. The highest BCUT2D eigenvalue weighted by molar-refractivity contribution is 7.22. The molecule has 5 aromatic rings. The fraction of sp³-hybridized carbons (Fsp3) is 0.192. The molecule has 39 heavy (non-hydrogen) atoms. The third-order valence-electron chi connectivity index (χ3n) is 5.80. The number of nitrogens with one attached hydrogen (secondary N) is 1. The van der Waals surface area contributed by atoms with Crippen LogP contribution in [0.4, 0.5) is 13.9 Å². The molecule has 1 N–H and O–H groups in total. The lowest BCUT2D eigenvalue weighted by atomic mass is 9.98. The number of carbonyl (C=O) groups is 1. The number of thiazole rings is 1. The van der Waals surface area contributed by atoms with Crippen LogP contribution in [0.15, 0.2) is 59.9 Å². The molecule has 0 aliphatic rings. The molecule has 198 valence electrons. The zero-order chi connectivity index (χ0) is 27.7. The van der Waals surface area contributed by atoms with Gasteiger partial charge >= 0.3 is 0 Å². The van der Waals surface area contributed by atoms with Crippen LogP contribution in [-0.2, 0) is 0 Å². The summed E-state index contributed by atoms with van der Waals surface area (Å²) in [6.45, 7) is 4.02. The van der Waals surface area contributed by atoms with E-state index in [1.165, 1.54) is 61.3 Å². The molecule has 0 aliphatic carbocycles. The van der Waals surface area contributed by atoms with Crippen molar-refractivity contribution in [2.45, 2.75) is 26.2 Å². The van der Waals surface area contributed by atoms with Crippen molar-refractivity contribution < 1.29 is 18.3 Å². The van der Waals surface area contributed by atoms with Crippen LogP contribution in [0.5, 0.6) is 5.75 Å². The number of ether oxygens (including phenoxy) is 1. The van der Waals surface area contributed by atoms with Gasteiger partial charge in [0.2, 0.25) is 0 Å². The Labute approximate surface area is 224 Å². The van der Waals surface area contributed by atoms with Crippen LogP contribution in [0.1, 0.15) is 47.9 Å². The van der Waals surface area contributed by atoms with E-state index in [4.69, 9.17) is 4.74 Å². The van der Waals surface area contributed by atoms with E-state index in [1.54, 1.807) is 6.20 Å². The second-order valence-electron chi connectivity index (χ2n) is 8.64. The summed E-state index contributed by atoms with van der Waals surface area (Å²) in [5.41, 5.74) is -0.0483. The number of nitrogens with zero attached hydrogens (tertiary/aromatic N) is 6. The minimum atomic E-state index is -3.16. The number of amides is 1. The second-order valence-corrected chi connectivity index (χ2v) is 9.67. The van der Waals surface area contributed by atoms with Crippen molar-refractivity contribution in [3.05, 3.63) is 82.4 Å². The van der Waals surface area contributed by atoms with Crippen LogP contribution < -0.4 is 15.6 Å². The zero-order valence-corrected chi connectivity index (χ0v) is 21.7. The molecule has 0 saturated carbocycles. The Balaban J connectivity index is 1.68. The number of hydrogen-bond acceptors (Lipinski definition) is 9. The molecule has 0 atom stereocenters. The number of pyridine rings is 3. The zero-order valence-electron chi connectivity index (χ0n) is 20.9. The highest BCUT2D eigenvalue weighted by Crippen LogP contribution is 2.37. The number of hydrogen-bond donors (Lipinski definition) is 1. The first kappa shape index (κ1) is 26.0. The van der Waals surface area contributed by atoms with Gasteiger partial charge in [0.25, 0.3) is 17.9 Å². The molecule has 0 spiro atoms. The molecule has 0 unspecified atom stereocenters. The Hall–Kier alpha value is -4.65. The molecule has 0 fully saturated rings. The Morgan fingerprint density at radius 2 is 1.92 bits per heavy atom. The van der Waals surface area contributed by atoms with Crippen LogP contribution in [0.25, 0.3) is 27.2 Å². The fourth-order valence-corrected chi connectivity index (χ4v) is 4.82. The lowest BCUT2D eigenvalue weighted by molar-refractivity contribution is 0.101. The van der Waals surface area contributed by atoms with E-state index in [1.807, 2.05) is 19.9 Å². The number of anilines is 1. The monoisotopic (exact) mass is 549 g/mol. The van der Waals surface area contributed by atoms with Gasteiger partial charge in [-0.05, 0) is 30.2 Å². The summed E-state index contributed by atoms with van der Waals surface area (Å²) in [5.74, 6) is -0.627. The molecule has 10 nitrogen and oxygen atoms in total. The summed E-state index contributed by atoms with van der Waals surface area (Å²) in [6.07, 6.45) is 2.59. The largest absolute Gasteiger partial charge is 0.494 e. The molecule has 1 amide bonds. The van der Waals surface area contributed by atoms with Crippen LogP contribution >= 0.6 is 11.3 Å². The van der Waals surface area contributed by atoms with Gasteiger partial charge in [-0.1, -0.05) is 25.2 Å². The number of rotatable bonds is 7.